The van der Waals surface area contributed by atoms with Gasteiger partial charge < -0.3 is 20.4 Å². The largest absolute Gasteiger partial charge is 4.00 e. The Morgan fingerprint density at radius 3 is 0.245 bits per heavy atom. The standard InChI is InChI=1S/6C6H14.4C2H5O.Ti/c6*1-3-5-6-4-2;4*1-2-3;/h6*3-6H2,1-2H3;4*2H2,1H3;/q;;;;;;4*-1;+4. The van der Waals surface area contributed by atoms with Gasteiger partial charge in [-0.05, 0) is 0 Å². The Hall–Kier alpha value is 0.554. The molecular formula is C44H104O4Ti. The van der Waals surface area contributed by atoms with Crippen molar-refractivity contribution in [1.82, 2.24) is 0 Å². The summed E-state index contributed by atoms with van der Waals surface area (Å²) in [6.07, 6.45) is 33.2. The Balaban J connectivity index is -0.0000000368. The van der Waals surface area contributed by atoms with E-state index in [1.54, 1.807) is 27.7 Å². The summed E-state index contributed by atoms with van der Waals surface area (Å²) in [5.41, 5.74) is 0. The van der Waals surface area contributed by atoms with E-state index in [2.05, 4.69) is 83.1 Å². The third kappa shape index (κ3) is 306. The molecule has 0 bridgehead atoms. The minimum absolute atomic E-state index is 0. The van der Waals surface area contributed by atoms with Gasteiger partial charge in [0.05, 0.1) is 0 Å². The van der Waals surface area contributed by atoms with Gasteiger partial charge in [0, 0.05) is 0 Å². The van der Waals surface area contributed by atoms with Crippen LogP contribution in [0.15, 0.2) is 0 Å². The first-order valence-electron chi connectivity index (χ1n) is 21.5. The summed E-state index contributed by atoms with van der Waals surface area (Å²) in [5, 5.41) is 35.7. The molecule has 0 fully saturated rings. The predicted octanol–water partition coefficient (Wildman–Crippen LogP) is 13.0. The van der Waals surface area contributed by atoms with Crippen molar-refractivity contribution in [1.29, 1.82) is 0 Å². The van der Waals surface area contributed by atoms with Crippen LogP contribution in [0.5, 0.6) is 0 Å². The van der Waals surface area contributed by atoms with E-state index in [0.29, 0.717) is 0 Å². The maximum Gasteiger partial charge on any atom is 4.00 e. The molecule has 0 aromatic heterocycles. The third-order valence-electron chi connectivity index (χ3n) is 5.74. The van der Waals surface area contributed by atoms with Gasteiger partial charge in [0.2, 0.25) is 0 Å². The van der Waals surface area contributed by atoms with Crippen molar-refractivity contribution in [3.63, 3.8) is 0 Å². The molecule has 0 unspecified atom stereocenters. The van der Waals surface area contributed by atoms with Crippen molar-refractivity contribution in [2.45, 2.75) is 265 Å². The van der Waals surface area contributed by atoms with Gasteiger partial charge in [0.15, 0.2) is 0 Å². The van der Waals surface area contributed by atoms with Crippen molar-refractivity contribution in [3.8, 4) is 0 Å². The van der Waals surface area contributed by atoms with Crippen LogP contribution in [-0.2, 0) is 21.7 Å². The van der Waals surface area contributed by atoms with Gasteiger partial charge in [-0.3, -0.25) is 0 Å². The molecule has 5 heteroatoms. The van der Waals surface area contributed by atoms with Crippen molar-refractivity contribution in [2.75, 3.05) is 26.4 Å². The molecule has 0 spiro atoms. The molecule has 49 heavy (non-hydrogen) atoms. The van der Waals surface area contributed by atoms with Crippen LogP contribution < -0.4 is 20.4 Å². The third-order valence-corrected chi connectivity index (χ3v) is 5.74. The first-order chi connectivity index (χ1) is 23.1. The SMILES string of the molecule is CCCCCC.CCCCCC.CCCCCC.CCCCCC.CCCCCC.CCCCCC.CC[O-].CC[O-].CC[O-].CC[O-].[Ti+4]. The first kappa shape index (κ1) is 78.6. The summed E-state index contributed by atoms with van der Waals surface area (Å²) >= 11 is 0. The van der Waals surface area contributed by atoms with Gasteiger partial charge in [0.25, 0.3) is 0 Å². The number of rotatable bonds is 18. The minimum Gasteiger partial charge on any atom is -0.855 e. The van der Waals surface area contributed by atoms with Gasteiger partial charge in [0.1, 0.15) is 0 Å². The van der Waals surface area contributed by atoms with Crippen molar-refractivity contribution >= 4 is 0 Å². The Labute approximate surface area is 332 Å². The van der Waals surface area contributed by atoms with E-state index in [1.807, 2.05) is 0 Å². The zero-order valence-electron chi connectivity index (χ0n) is 37.9. The molecule has 0 aliphatic rings. The average Bonchev–Trinajstić information content (AvgIpc) is 3.09. The molecular weight excluding hydrogens is 640 g/mol. The number of hydrogen-bond donors (Lipinski definition) is 0. The van der Waals surface area contributed by atoms with E-state index in [-0.39, 0.29) is 48.1 Å². The van der Waals surface area contributed by atoms with Crippen LogP contribution in [0.3, 0.4) is 0 Å². The molecule has 0 aromatic rings. The molecule has 0 heterocycles. The summed E-state index contributed by atoms with van der Waals surface area (Å²) < 4.78 is 0. The minimum atomic E-state index is 0. The average molecular weight is 745 g/mol. The fourth-order valence-electron chi connectivity index (χ4n) is 3.00. The molecule has 0 saturated heterocycles. The fourth-order valence-corrected chi connectivity index (χ4v) is 3.00. The second-order valence-corrected chi connectivity index (χ2v) is 11.4. The van der Waals surface area contributed by atoms with Crippen LogP contribution >= 0.6 is 0 Å². The second-order valence-electron chi connectivity index (χ2n) is 11.4. The van der Waals surface area contributed by atoms with Crippen LogP contribution in [0.1, 0.15) is 265 Å². The molecule has 0 N–H and O–H groups in total. The number of hydrogen-bond acceptors (Lipinski definition) is 4. The molecule has 0 rings (SSSR count). The molecule has 4 nitrogen and oxygen atoms in total. The summed E-state index contributed by atoms with van der Waals surface area (Å²) in [6, 6.07) is 0. The van der Waals surface area contributed by atoms with Crippen LogP contribution in [0.4, 0.5) is 0 Å². The van der Waals surface area contributed by atoms with Crippen LogP contribution in [0, 0.1) is 0 Å². The smallest absolute Gasteiger partial charge is 0.855 e. The molecule has 0 saturated carbocycles. The van der Waals surface area contributed by atoms with Gasteiger partial charge in [-0.25, -0.2) is 0 Å². The van der Waals surface area contributed by atoms with Gasteiger partial charge in [-0.15, -0.1) is 26.4 Å². The summed E-state index contributed by atoms with van der Waals surface area (Å²) in [5.74, 6) is 0. The molecule has 0 aliphatic carbocycles. The molecule has 0 aromatic carbocycles. The van der Waals surface area contributed by atoms with Crippen molar-refractivity contribution < 1.29 is 42.1 Å². The van der Waals surface area contributed by atoms with Crippen LogP contribution in [-0.4, -0.2) is 26.4 Å². The first-order valence-corrected chi connectivity index (χ1v) is 21.5. The van der Waals surface area contributed by atoms with Crippen molar-refractivity contribution in [2.24, 2.45) is 0 Å². The van der Waals surface area contributed by atoms with E-state index in [9.17, 15) is 0 Å². The normalized spacial score (nSPS) is 8.08. The second kappa shape index (κ2) is 135. The van der Waals surface area contributed by atoms with E-state index < -0.39 is 0 Å². The molecule has 308 valence electrons. The topological polar surface area (TPSA) is 92.2 Å². The van der Waals surface area contributed by atoms with Crippen molar-refractivity contribution in [3.05, 3.63) is 0 Å². The zero-order chi connectivity index (χ0) is 39.8. The zero-order valence-corrected chi connectivity index (χ0v) is 39.5. The molecule has 0 radical (unpaired) electrons. The molecule has 0 atom stereocenters. The maximum absolute atomic E-state index is 8.93. The summed E-state index contributed by atoms with van der Waals surface area (Å²) in [7, 11) is 0. The van der Waals surface area contributed by atoms with Gasteiger partial charge in [-0.1, -0.05) is 265 Å². The Bertz CT molecular complexity index is 202. The van der Waals surface area contributed by atoms with E-state index in [4.69, 9.17) is 20.4 Å². The molecule has 0 amide bonds. The predicted molar refractivity (Wildman–Crippen MR) is 221 cm³/mol. The van der Waals surface area contributed by atoms with E-state index in [0.717, 1.165) is 0 Å². The Morgan fingerprint density at radius 2 is 0.224 bits per heavy atom. The Kier molecular flexibility index (Phi) is 216. The summed E-state index contributed by atoms with van der Waals surface area (Å²) in [4.78, 5) is 0. The monoisotopic (exact) mass is 745 g/mol. The quantitative estimate of drug-likeness (QED) is 0.103. The Morgan fingerprint density at radius 1 is 0.184 bits per heavy atom. The van der Waals surface area contributed by atoms with Gasteiger partial charge >= 0.3 is 21.7 Å². The number of unbranched alkanes of at least 4 members (excludes halogenated alkanes) is 18. The fraction of sp³-hybridized carbons (Fsp3) is 1.00. The van der Waals surface area contributed by atoms with E-state index >= 15 is 0 Å². The van der Waals surface area contributed by atoms with Crippen LogP contribution in [0.25, 0.3) is 0 Å². The molecule has 0 aliphatic heterocycles. The van der Waals surface area contributed by atoms with Crippen LogP contribution in [0.2, 0.25) is 0 Å². The summed E-state index contributed by atoms with van der Waals surface area (Å²) in [6.45, 7) is 33.1. The van der Waals surface area contributed by atoms with Gasteiger partial charge in [-0.2, -0.15) is 0 Å². The maximum atomic E-state index is 8.93. The van der Waals surface area contributed by atoms with E-state index in [1.165, 1.54) is 154 Å².